The van der Waals surface area contributed by atoms with E-state index < -0.39 is 29.4 Å². The molecule has 2 atom stereocenters. The van der Waals surface area contributed by atoms with E-state index >= 15 is 0 Å². The number of unbranched alkanes of at least 4 members (excludes halogenated alkanes) is 1. The summed E-state index contributed by atoms with van der Waals surface area (Å²) in [4.78, 5) is 24.0. The zero-order chi connectivity index (χ0) is 15.5. The number of aliphatic hydroxyl groups excluding tert-OH is 1. The van der Waals surface area contributed by atoms with Crippen LogP contribution in [0.2, 0.25) is 0 Å². The number of carbonyl (C=O) groups is 2. The zero-order valence-corrected chi connectivity index (χ0v) is 15.0. The average molecular weight is 316 g/mol. The Kier molecular flexibility index (Phi) is 6.62. The smallest absolute Gasteiger partial charge is 1.00 e. The molecule has 6 heteroatoms. The number of carbonyl (C=O) groups excluding carboxylic acids is 1. The van der Waals surface area contributed by atoms with Gasteiger partial charge in [0.25, 0.3) is 0 Å². The maximum atomic E-state index is 12.3. The number of aliphatic hydroxyl groups is 1. The van der Waals surface area contributed by atoms with Crippen LogP contribution in [-0.4, -0.2) is 35.4 Å². The van der Waals surface area contributed by atoms with Crippen molar-refractivity contribution in [3.05, 3.63) is 35.9 Å². The molecule has 0 spiro atoms. The van der Waals surface area contributed by atoms with Crippen molar-refractivity contribution in [1.29, 1.82) is 0 Å². The van der Waals surface area contributed by atoms with Gasteiger partial charge in [0, 0.05) is 5.41 Å². The van der Waals surface area contributed by atoms with Gasteiger partial charge in [-0.05, 0) is 18.4 Å². The monoisotopic (exact) mass is 316 g/mol. The quantitative estimate of drug-likeness (QED) is 0.287. The SMILES string of the molecule is CCCCOC(=O)C1(C(=O)O)CC1(CO)c1ccccc1.[H-].[Na+]. The van der Waals surface area contributed by atoms with Crippen molar-refractivity contribution >= 4 is 11.9 Å². The van der Waals surface area contributed by atoms with Crippen LogP contribution in [-0.2, 0) is 19.7 Å². The Labute approximate surface area is 153 Å². The predicted molar refractivity (Wildman–Crippen MR) is 76.9 cm³/mol. The first-order valence-electron chi connectivity index (χ1n) is 7.12. The molecule has 0 saturated heterocycles. The molecule has 5 nitrogen and oxygen atoms in total. The molecule has 116 valence electrons. The van der Waals surface area contributed by atoms with E-state index in [1.165, 1.54) is 0 Å². The normalized spacial score (nSPS) is 25.9. The van der Waals surface area contributed by atoms with Crippen LogP contribution in [0.25, 0.3) is 0 Å². The van der Waals surface area contributed by atoms with Gasteiger partial charge in [-0.25, -0.2) is 0 Å². The second-order valence-electron chi connectivity index (χ2n) is 5.48. The van der Waals surface area contributed by atoms with E-state index in [1.807, 2.05) is 6.92 Å². The van der Waals surface area contributed by atoms with Crippen molar-refractivity contribution in [2.75, 3.05) is 13.2 Å². The maximum absolute atomic E-state index is 12.3. The molecule has 0 aliphatic heterocycles. The van der Waals surface area contributed by atoms with Gasteiger partial charge in [-0.3, -0.25) is 9.59 Å². The van der Waals surface area contributed by atoms with Crippen LogP contribution in [0.15, 0.2) is 30.3 Å². The Bertz CT molecular complexity index is 539. The molecule has 0 aromatic heterocycles. The van der Waals surface area contributed by atoms with Crippen LogP contribution >= 0.6 is 0 Å². The summed E-state index contributed by atoms with van der Waals surface area (Å²) in [6, 6.07) is 8.81. The molecular formula is C16H21NaO5. The number of carboxylic acid groups (broad SMARTS) is 1. The molecule has 1 aromatic carbocycles. The van der Waals surface area contributed by atoms with E-state index in [0.29, 0.717) is 12.0 Å². The fraction of sp³-hybridized carbons (Fsp3) is 0.500. The van der Waals surface area contributed by atoms with Crippen LogP contribution in [0.1, 0.15) is 33.2 Å². The molecule has 0 radical (unpaired) electrons. The first-order chi connectivity index (χ1) is 10.0. The van der Waals surface area contributed by atoms with Crippen LogP contribution in [0.5, 0.6) is 0 Å². The number of aliphatic carboxylic acids is 1. The second-order valence-corrected chi connectivity index (χ2v) is 5.48. The minimum Gasteiger partial charge on any atom is -1.00 e. The van der Waals surface area contributed by atoms with E-state index in [4.69, 9.17) is 4.74 Å². The number of rotatable bonds is 7. The maximum Gasteiger partial charge on any atom is 1.00 e. The molecule has 1 saturated carbocycles. The van der Waals surface area contributed by atoms with Gasteiger partial charge in [0.2, 0.25) is 0 Å². The molecule has 1 aliphatic carbocycles. The number of benzene rings is 1. The van der Waals surface area contributed by atoms with E-state index in [9.17, 15) is 19.8 Å². The summed E-state index contributed by atoms with van der Waals surface area (Å²) in [6.45, 7) is 1.77. The summed E-state index contributed by atoms with van der Waals surface area (Å²) < 4.78 is 5.12. The Hall–Kier alpha value is -0.880. The van der Waals surface area contributed by atoms with E-state index in [1.54, 1.807) is 30.3 Å². The molecule has 2 rings (SSSR count). The Morgan fingerprint density at radius 3 is 2.45 bits per heavy atom. The number of ether oxygens (including phenoxy) is 1. The molecule has 2 N–H and O–H groups in total. The van der Waals surface area contributed by atoms with Gasteiger partial charge in [-0.15, -0.1) is 0 Å². The molecular weight excluding hydrogens is 295 g/mol. The van der Waals surface area contributed by atoms with Gasteiger partial charge in [-0.1, -0.05) is 43.7 Å². The van der Waals surface area contributed by atoms with Gasteiger partial charge in [0.15, 0.2) is 5.41 Å². The molecule has 1 aliphatic rings. The summed E-state index contributed by atoms with van der Waals surface area (Å²) in [5.41, 5.74) is -2.09. The summed E-state index contributed by atoms with van der Waals surface area (Å²) in [5.74, 6) is -1.98. The number of hydrogen-bond acceptors (Lipinski definition) is 4. The van der Waals surface area contributed by atoms with Crippen LogP contribution in [0, 0.1) is 5.41 Å². The Morgan fingerprint density at radius 1 is 1.32 bits per heavy atom. The second kappa shape index (κ2) is 7.59. The first-order valence-corrected chi connectivity index (χ1v) is 7.12. The molecule has 1 aromatic rings. The van der Waals surface area contributed by atoms with Gasteiger partial charge >= 0.3 is 41.5 Å². The largest absolute Gasteiger partial charge is 1.00 e. The van der Waals surface area contributed by atoms with Crippen LogP contribution in [0.4, 0.5) is 0 Å². The van der Waals surface area contributed by atoms with Gasteiger partial charge in [0.05, 0.1) is 13.2 Å². The van der Waals surface area contributed by atoms with Crippen LogP contribution < -0.4 is 29.6 Å². The summed E-state index contributed by atoms with van der Waals surface area (Å²) in [6.07, 6.45) is 1.62. The van der Waals surface area contributed by atoms with Gasteiger partial charge in [0.1, 0.15) is 0 Å². The van der Waals surface area contributed by atoms with Gasteiger partial charge < -0.3 is 16.4 Å². The molecule has 0 bridgehead atoms. The van der Waals surface area contributed by atoms with Crippen LogP contribution in [0.3, 0.4) is 0 Å². The third-order valence-electron chi connectivity index (χ3n) is 4.30. The average Bonchev–Trinajstić information content (AvgIpc) is 3.20. The van der Waals surface area contributed by atoms with E-state index in [0.717, 1.165) is 6.42 Å². The fourth-order valence-electron chi connectivity index (χ4n) is 2.86. The number of carboxylic acids is 1. The third kappa shape index (κ3) is 2.95. The third-order valence-corrected chi connectivity index (χ3v) is 4.30. The number of hydrogen-bond donors (Lipinski definition) is 2. The van der Waals surface area contributed by atoms with E-state index in [2.05, 4.69) is 0 Å². The zero-order valence-electron chi connectivity index (χ0n) is 14.0. The topological polar surface area (TPSA) is 83.8 Å². The van der Waals surface area contributed by atoms with Crippen molar-refractivity contribution in [2.45, 2.75) is 31.6 Å². The Morgan fingerprint density at radius 2 is 1.95 bits per heavy atom. The Balaban J connectivity index is 0.00000242. The summed E-state index contributed by atoms with van der Waals surface area (Å²) in [5, 5.41) is 19.3. The van der Waals surface area contributed by atoms with Crippen molar-refractivity contribution in [2.24, 2.45) is 5.41 Å². The van der Waals surface area contributed by atoms with E-state index in [-0.39, 0.29) is 44.0 Å². The first kappa shape index (κ1) is 19.2. The molecule has 0 amide bonds. The summed E-state index contributed by atoms with van der Waals surface area (Å²) in [7, 11) is 0. The predicted octanol–water partition coefficient (Wildman–Crippen LogP) is -1.15. The molecule has 0 heterocycles. The minimum atomic E-state index is -1.67. The van der Waals surface area contributed by atoms with Crippen molar-refractivity contribution < 1.29 is 55.5 Å². The minimum absolute atomic E-state index is 0. The number of esters is 1. The molecule has 2 unspecified atom stereocenters. The van der Waals surface area contributed by atoms with Crippen molar-refractivity contribution in [1.82, 2.24) is 0 Å². The standard InChI is InChI=1S/C16H20O5.Na.H/c1-2-3-9-21-14(20)16(13(18)19)10-15(16,11-17)12-7-5-4-6-8-12;;/h4-8,17H,2-3,9-11H2,1H3,(H,18,19);;/q;+1;-1. The van der Waals surface area contributed by atoms with Crippen molar-refractivity contribution in [3.8, 4) is 0 Å². The molecule has 1 fully saturated rings. The van der Waals surface area contributed by atoms with Gasteiger partial charge in [-0.2, -0.15) is 0 Å². The fourth-order valence-corrected chi connectivity index (χ4v) is 2.86. The molecule has 22 heavy (non-hydrogen) atoms. The van der Waals surface area contributed by atoms with Crippen molar-refractivity contribution in [3.63, 3.8) is 0 Å². The summed E-state index contributed by atoms with van der Waals surface area (Å²) >= 11 is 0.